The first kappa shape index (κ1) is 16.6. The molecule has 9 heteroatoms. The molecule has 2 aromatic heterocycles. The predicted molar refractivity (Wildman–Crippen MR) is 85.4 cm³/mol. The van der Waals surface area contributed by atoms with Crippen molar-refractivity contribution < 1.29 is 23.1 Å². The number of hydrogen-bond donors (Lipinski definition) is 3. The number of benzene rings is 1. The number of halogens is 3. The molecule has 1 amide bonds. The van der Waals surface area contributed by atoms with Crippen LogP contribution in [-0.4, -0.2) is 20.6 Å². The molecule has 25 heavy (non-hydrogen) atoms. The van der Waals surface area contributed by atoms with E-state index in [0.29, 0.717) is 11.3 Å². The van der Waals surface area contributed by atoms with E-state index >= 15 is 0 Å². The maximum Gasteiger partial charge on any atom is 0.433 e. The van der Waals surface area contributed by atoms with Gasteiger partial charge in [0.05, 0.1) is 11.2 Å². The SMILES string of the molecule is Cc1ccc(O)cc1-n1c(N)c(C(N)=O)c2nc(C(F)(F)F)ccc21. The Bertz CT molecular complexity index is 1010. The van der Waals surface area contributed by atoms with Crippen molar-refractivity contribution in [3.63, 3.8) is 0 Å². The monoisotopic (exact) mass is 350 g/mol. The lowest BCUT2D eigenvalue weighted by Gasteiger charge is -2.12. The van der Waals surface area contributed by atoms with Gasteiger partial charge in [-0.3, -0.25) is 9.36 Å². The van der Waals surface area contributed by atoms with Gasteiger partial charge >= 0.3 is 6.18 Å². The maximum absolute atomic E-state index is 12.9. The minimum Gasteiger partial charge on any atom is -0.508 e. The van der Waals surface area contributed by atoms with Gasteiger partial charge in [0.15, 0.2) is 0 Å². The molecule has 2 heterocycles. The lowest BCUT2D eigenvalue weighted by molar-refractivity contribution is -0.140. The fraction of sp³-hybridized carbons (Fsp3) is 0.125. The van der Waals surface area contributed by atoms with Gasteiger partial charge in [0.25, 0.3) is 5.91 Å². The number of aromatic hydroxyl groups is 1. The van der Waals surface area contributed by atoms with E-state index in [4.69, 9.17) is 11.5 Å². The second-order valence-electron chi connectivity index (χ2n) is 5.49. The van der Waals surface area contributed by atoms with E-state index in [0.717, 1.165) is 12.1 Å². The maximum atomic E-state index is 12.9. The number of anilines is 1. The minimum absolute atomic E-state index is 0.0673. The zero-order valence-corrected chi connectivity index (χ0v) is 12.9. The molecule has 0 atom stereocenters. The molecule has 0 saturated carbocycles. The summed E-state index contributed by atoms with van der Waals surface area (Å²) in [4.78, 5) is 15.3. The molecule has 6 nitrogen and oxygen atoms in total. The molecule has 0 saturated heterocycles. The fourth-order valence-electron chi connectivity index (χ4n) is 2.68. The molecule has 0 aliphatic heterocycles. The van der Waals surface area contributed by atoms with Crippen LogP contribution in [0.5, 0.6) is 5.75 Å². The van der Waals surface area contributed by atoms with Crippen molar-refractivity contribution in [1.82, 2.24) is 9.55 Å². The van der Waals surface area contributed by atoms with E-state index in [-0.39, 0.29) is 28.2 Å². The average Bonchev–Trinajstić information content (AvgIpc) is 2.80. The molecule has 0 bridgehead atoms. The van der Waals surface area contributed by atoms with Crippen molar-refractivity contribution in [1.29, 1.82) is 0 Å². The summed E-state index contributed by atoms with van der Waals surface area (Å²) in [6, 6.07) is 6.40. The number of phenols is 1. The van der Waals surface area contributed by atoms with Gasteiger partial charge in [-0.2, -0.15) is 13.2 Å². The third-order valence-electron chi connectivity index (χ3n) is 3.82. The normalized spacial score (nSPS) is 11.8. The highest BCUT2D eigenvalue weighted by atomic mass is 19.4. The molecule has 0 unspecified atom stereocenters. The molecule has 3 rings (SSSR count). The number of rotatable bonds is 2. The van der Waals surface area contributed by atoms with Crippen molar-refractivity contribution in [2.24, 2.45) is 5.73 Å². The van der Waals surface area contributed by atoms with Crippen molar-refractivity contribution >= 4 is 22.8 Å². The zero-order chi connectivity index (χ0) is 18.5. The molecule has 1 aromatic carbocycles. The van der Waals surface area contributed by atoms with Crippen LogP contribution in [0.2, 0.25) is 0 Å². The first-order valence-electron chi connectivity index (χ1n) is 7.09. The topological polar surface area (TPSA) is 107 Å². The van der Waals surface area contributed by atoms with E-state index in [1.165, 1.54) is 16.7 Å². The molecule has 130 valence electrons. The number of fused-ring (bicyclic) bond motifs is 1. The van der Waals surface area contributed by atoms with E-state index in [9.17, 15) is 23.1 Å². The number of primary amides is 1. The summed E-state index contributed by atoms with van der Waals surface area (Å²) < 4.78 is 40.2. The average molecular weight is 350 g/mol. The highest BCUT2D eigenvalue weighted by Crippen LogP contribution is 2.35. The van der Waals surface area contributed by atoms with Crippen molar-refractivity contribution in [3.8, 4) is 11.4 Å². The molecule has 0 aliphatic carbocycles. The van der Waals surface area contributed by atoms with Crippen LogP contribution in [0.25, 0.3) is 16.7 Å². The van der Waals surface area contributed by atoms with E-state index in [2.05, 4.69) is 4.98 Å². The quantitative estimate of drug-likeness (QED) is 0.660. The van der Waals surface area contributed by atoms with E-state index in [1.807, 2.05) is 0 Å². The Morgan fingerprint density at radius 3 is 2.52 bits per heavy atom. The number of aryl methyl sites for hydroxylation is 1. The van der Waals surface area contributed by atoms with Gasteiger partial charge in [-0.15, -0.1) is 0 Å². The molecule has 0 fully saturated rings. The lowest BCUT2D eigenvalue weighted by Crippen LogP contribution is -2.14. The van der Waals surface area contributed by atoms with Gasteiger partial charge in [0.1, 0.15) is 28.3 Å². The number of nitrogens with two attached hydrogens (primary N) is 2. The number of aromatic nitrogens is 2. The van der Waals surface area contributed by atoms with Gasteiger partial charge in [-0.25, -0.2) is 4.98 Å². The molecule has 0 spiro atoms. The third-order valence-corrected chi connectivity index (χ3v) is 3.82. The number of carbonyl (C=O) groups is 1. The smallest absolute Gasteiger partial charge is 0.433 e. The van der Waals surface area contributed by atoms with Crippen LogP contribution < -0.4 is 11.5 Å². The van der Waals surface area contributed by atoms with Crippen LogP contribution in [0, 0.1) is 6.92 Å². The summed E-state index contributed by atoms with van der Waals surface area (Å²) in [7, 11) is 0. The lowest BCUT2D eigenvalue weighted by atomic mass is 10.2. The zero-order valence-electron chi connectivity index (χ0n) is 12.9. The number of carbonyl (C=O) groups excluding carboxylic acids is 1. The van der Waals surface area contributed by atoms with Crippen LogP contribution in [0.3, 0.4) is 0 Å². The molecule has 5 N–H and O–H groups in total. The van der Waals surface area contributed by atoms with Gasteiger partial charge in [0, 0.05) is 6.07 Å². The molecule has 0 aliphatic rings. The Morgan fingerprint density at radius 2 is 1.92 bits per heavy atom. The molecular weight excluding hydrogens is 337 g/mol. The minimum atomic E-state index is -4.68. The summed E-state index contributed by atoms with van der Waals surface area (Å²) in [6.07, 6.45) is -4.68. The fourth-order valence-corrected chi connectivity index (χ4v) is 2.68. The van der Waals surface area contributed by atoms with Crippen LogP contribution in [0.15, 0.2) is 30.3 Å². The number of phenolic OH excluding ortho intramolecular Hbond substituents is 1. The summed E-state index contributed by atoms with van der Waals surface area (Å²) in [5.74, 6) is -1.21. The second kappa shape index (κ2) is 5.40. The van der Waals surface area contributed by atoms with Crippen LogP contribution in [0.1, 0.15) is 21.6 Å². The number of nitrogens with zero attached hydrogens (tertiary/aromatic N) is 2. The van der Waals surface area contributed by atoms with E-state index < -0.39 is 17.8 Å². The second-order valence-corrected chi connectivity index (χ2v) is 5.49. The van der Waals surface area contributed by atoms with Crippen LogP contribution in [0.4, 0.5) is 19.0 Å². The van der Waals surface area contributed by atoms with Gasteiger partial charge in [-0.05, 0) is 30.7 Å². The highest BCUT2D eigenvalue weighted by molar-refractivity contribution is 6.10. The van der Waals surface area contributed by atoms with Crippen molar-refractivity contribution in [3.05, 3.63) is 47.2 Å². The predicted octanol–water partition coefficient (Wildman–Crippen LogP) is 2.74. The molecular formula is C16H13F3N4O2. The summed E-state index contributed by atoms with van der Waals surface area (Å²) in [5.41, 5.74) is 10.8. The number of alkyl halides is 3. The van der Waals surface area contributed by atoms with Gasteiger partial charge in [0.2, 0.25) is 0 Å². The first-order chi connectivity index (χ1) is 11.6. The van der Waals surface area contributed by atoms with Gasteiger partial charge < -0.3 is 16.6 Å². The van der Waals surface area contributed by atoms with E-state index in [1.54, 1.807) is 13.0 Å². The van der Waals surface area contributed by atoms with Crippen LogP contribution >= 0.6 is 0 Å². The Kier molecular flexibility index (Phi) is 3.59. The first-order valence-corrected chi connectivity index (χ1v) is 7.09. The Morgan fingerprint density at radius 1 is 1.24 bits per heavy atom. The largest absolute Gasteiger partial charge is 0.508 e. The number of nitrogen functional groups attached to an aromatic ring is 1. The summed E-state index contributed by atoms with van der Waals surface area (Å²) in [5, 5.41) is 9.72. The summed E-state index contributed by atoms with van der Waals surface area (Å²) in [6.45, 7) is 1.72. The number of pyridine rings is 1. The van der Waals surface area contributed by atoms with Gasteiger partial charge in [-0.1, -0.05) is 6.07 Å². The summed E-state index contributed by atoms with van der Waals surface area (Å²) >= 11 is 0. The Hall–Kier alpha value is -3.23. The number of hydrogen-bond acceptors (Lipinski definition) is 4. The van der Waals surface area contributed by atoms with Crippen molar-refractivity contribution in [2.75, 3.05) is 5.73 Å². The number of amides is 1. The van der Waals surface area contributed by atoms with Crippen molar-refractivity contribution in [2.45, 2.75) is 13.1 Å². The molecule has 0 radical (unpaired) electrons. The Labute approximate surface area is 139 Å². The van der Waals surface area contributed by atoms with Crippen LogP contribution in [-0.2, 0) is 6.18 Å². The standard InChI is InChI=1S/C16H13F3N4O2/c1-7-2-3-8(24)6-10(7)23-9-4-5-11(16(17,18)19)22-13(9)12(14(23)20)15(21)25/h2-6,24H,20H2,1H3,(H2,21,25). The highest BCUT2D eigenvalue weighted by Gasteiger charge is 2.34. The molecule has 3 aromatic rings. The Balaban J connectivity index is 2.43. The third kappa shape index (κ3) is 2.63.